The summed E-state index contributed by atoms with van der Waals surface area (Å²) in [5.74, 6) is -0.506. The van der Waals surface area contributed by atoms with Gasteiger partial charge in [-0.15, -0.1) is 0 Å². The molecule has 2 aromatic rings. The Kier molecular flexibility index (Phi) is 5.83. The average Bonchev–Trinajstić information content (AvgIpc) is 3.22. The van der Waals surface area contributed by atoms with Crippen LogP contribution in [0.3, 0.4) is 0 Å². The van der Waals surface area contributed by atoms with Crippen molar-refractivity contribution in [3.8, 4) is 5.75 Å². The van der Waals surface area contributed by atoms with Gasteiger partial charge in [0.1, 0.15) is 11.3 Å². The lowest BCUT2D eigenvalue weighted by molar-refractivity contribution is -0.150. The van der Waals surface area contributed by atoms with Gasteiger partial charge in [0.05, 0.1) is 0 Å². The van der Waals surface area contributed by atoms with Gasteiger partial charge in [-0.1, -0.05) is 19.3 Å². The van der Waals surface area contributed by atoms with Crippen LogP contribution >= 0.6 is 0 Å². The third-order valence-corrected chi connectivity index (χ3v) is 5.64. The van der Waals surface area contributed by atoms with Gasteiger partial charge in [0.15, 0.2) is 13.2 Å². The van der Waals surface area contributed by atoms with Gasteiger partial charge in [-0.05, 0) is 49.8 Å². The quantitative estimate of drug-likeness (QED) is 0.593. The van der Waals surface area contributed by atoms with Crippen LogP contribution in [-0.4, -0.2) is 31.1 Å². The topological polar surface area (TPSA) is 94.8 Å². The van der Waals surface area contributed by atoms with Gasteiger partial charge in [-0.25, -0.2) is 9.59 Å². The first-order valence-electron chi connectivity index (χ1n) is 10.3. The van der Waals surface area contributed by atoms with Crippen molar-refractivity contribution in [2.24, 2.45) is 0 Å². The highest BCUT2D eigenvalue weighted by Crippen LogP contribution is 2.29. The Morgan fingerprint density at radius 2 is 1.83 bits per heavy atom. The highest BCUT2D eigenvalue weighted by molar-refractivity contribution is 5.83. The van der Waals surface area contributed by atoms with Crippen molar-refractivity contribution in [3.05, 3.63) is 39.7 Å². The van der Waals surface area contributed by atoms with Crippen LogP contribution in [0.2, 0.25) is 0 Å². The van der Waals surface area contributed by atoms with Crippen molar-refractivity contribution in [2.45, 2.75) is 57.4 Å². The lowest BCUT2D eigenvalue weighted by atomic mass is 9.95. The monoisotopic (exact) mass is 399 g/mol. The van der Waals surface area contributed by atoms with Crippen LogP contribution in [0, 0.1) is 0 Å². The smallest absolute Gasteiger partial charge is 0.344 e. The Labute approximate surface area is 168 Å². The number of fused-ring (bicyclic) bond motifs is 3. The molecule has 1 amide bonds. The van der Waals surface area contributed by atoms with Crippen molar-refractivity contribution in [1.82, 2.24) is 5.32 Å². The number of rotatable bonds is 6. The Morgan fingerprint density at radius 3 is 2.66 bits per heavy atom. The highest BCUT2D eigenvalue weighted by Gasteiger charge is 2.20. The van der Waals surface area contributed by atoms with E-state index in [9.17, 15) is 14.4 Å². The molecule has 0 aliphatic heterocycles. The Hall–Kier alpha value is -2.83. The summed E-state index contributed by atoms with van der Waals surface area (Å²) in [6, 6.07) is 5.38. The summed E-state index contributed by atoms with van der Waals surface area (Å²) in [5.41, 5.74) is 1.96. The number of esters is 1. The van der Waals surface area contributed by atoms with E-state index >= 15 is 0 Å². The first kappa shape index (κ1) is 19.5. The Balaban J connectivity index is 1.29. The molecule has 0 saturated heterocycles. The Bertz CT molecular complexity index is 973. The molecule has 0 spiro atoms. The summed E-state index contributed by atoms with van der Waals surface area (Å²) in [7, 11) is 0. The number of amides is 1. The number of hydrogen-bond acceptors (Lipinski definition) is 6. The molecule has 154 valence electrons. The summed E-state index contributed by atoms with van der Waals surface area (Å²) in [4.78, 5) is 35.8. The maximum Gasteiger partial charge on any atom is 0.344 e. The van der Waals surface area contributed by atoms with E-state index in [0.29, 0.717) is 11.3 Å². The number of hydrogen-bond donors (Lipinski definition) is 1. The maximum absolute atomic E-state index is 12.1. The fourth-order valence-electron chi connectivity index (χ4n) is 4.20. The molecule has 1 aromatic carbocycles. The van der Waals surface area contributed by atoms with E-state index in [1.807, 2.05) is 6.07 Å². The molecule has 7 heteroatoms. The molecule has 1 saturated carbocycles. The second-order valence-electron chi connectivity index (χ2n) is 7.71. The number of carbonyl (C=O) groups is 2. The van der Waals surface area contributed by atoms with Crippen LogP contribution in [0.4, 0.5) is 0 Å². The van der Waals surface area contributed by atoms with E-state index in [1.54, 1.807) is 12.1 Å². The predicted octanol–water partition coefficient (Wildman–Crippen LogP) is 2.65. The van der Waals surface area contributed by atoms with Crippen LogP contribution in [0.25, 0.3) is 11.0 Å². The second-order valence-corrected chi connectivity index (χ2v) is 7.71. The van der Waals surface area contributed by atoms with Crippen LogP contribution in [0.15, 0.2) is 27.4 Å². The number of benzene rings is 1. The third kappa shape index (κ3) is 4.60. The van der Waals surface area contributed by atoms with Crippen LogP contribution in [-0.2, 0) is 27.2 Å². The van der Waals surface area contributed by atoms with E-state index in [0.717, 1.165) is 61.5 Å². The van der Waals surface area contributed by atoms with Crippen molar-refractivity contribution in [2.75, 3.05) is 13.2 Å². The molecule has 1 fully saturated rings. The first-order valence-corrected chi connectivity index (χ1v) is 10.3. The number of ether oxygens (including phenoxy) is 2. The first-order chi connectivity index (χ1) is 14.1. The van der Waals surface area contributed by atoms with Gasteiger partial charge in [-0.2, -0.15) is 0 Å². The van der Waals surface area contributed by atoms with Crippen molar-refractivity contribution >= 4 is 22.8 Å². The van der Waals surface area contributed by atoms with Crippen LogP contribution in [0.1, 0.15) is 49.7 Å². The van der Waals surface area contributed by atoms with Crippen LogP contribution < -0.4 is 15.7 Å². The molecule has 2 aliphatic rings. The third-order valence-electron chi connectivity index (χ3n) is 5.64. The molecule has 1 aromatic heterocycles. The van der Waals surface area contributed by atoms with Gasteiger partial charge in [0.25, 0.3) is 5.91 Å². The molecule has 0 radical (unpaired) electrons. The average molecular weight is 399 g/mol. The van der Waals surface area contributed by atoms with Gasteiger partial charge < -0.3 is 19.2 Å². The normalized spacial score (nSPS) is 16.4. The summed E-state index contributed by atoms with van der Waals surface area (Å²) in [6.45, 7) is -0.630. The summed E-state index contributed by atoms with van der Waals surface area (Å²) >= 11 is 0. The van der Waals surface area contributed by atoms with Gasteiger partial charge in [0.2, 0.25) is 0 Å². The van der Waals surface area contributed by atoms with Crippen molar-refractivity contribution in [1.29, 1.82) is 0 Å². The fourth-order valence-corrected chi connectivity index (χ4v) is 4.20. The largest absolute Gasteiger partial charge is 0.482 e. The molecule has 0 bridgehead atoms. The molecule has 2 aliphatic carbocycles. The maximum atomic E-state index is 12.1. The zero-order chi connectivity index (χ0) is 20.2. The summed E-state index contributed by atoms with van der Waals surface area (Å²) in [5, 5.41) is 3.80. The molecular weight excluding hydrogens is 374 g/mol. The van der Waals surface area contributed by atoms with E-state index in [2.05, 4.69) is 5.32 Å². The summed E-state index contributed by atoms with van der Waals surface area (Å²) < 4.78 is 15.8. The minimum absolute atomic E-state index is 0.180. The highest BCUT2D eigenvalue weighted by atomic mass is 16.6. The zero-order valence-electron chi connectivity index (χ0n) is 16.3. The summed E-state index contributed by atoms with van der Waals surface area (Å²) in [6.07, 6.45) is 7.98. The van der Waals surface area contributed by atoms with E-state index in [4.69, 9.17) is 13.9 Å². The number of aryl methyl sites for hydroxylation is 1. The zero-order valence-corrected chi connectivity index (χ0v) is 16.3. The minimum atomic E-state index is -0.626. The molecule has 0 atom stereocenters. The molecule has 4 rings (SSSR count). The lowest BCUT2D eigenvalue weighted by Gasteiger charge is -2.22. The Morgan fingerprint density at radius 1 is 1.03 bits per heavy atom. The van der Waals surface area contributed by atoms with Crippen LogP contribution in [0.5, 0.6) is 5.75 Å². The van der Waals surface area contributed by atoms with E-state index < -0.39 is 5.97 Å². The molecule has 7 nitrogen and oxygen atoms in total. The molecule has 1 heterocycles. The lowest BCUT2D eigenvalue weighted by Crippen LogP contribution is -2.39. The minimum Gasteiger partial charge on any atom is -0.482 e. The SMILES string of the molecule is O=C(COC(=O)COc1ccc2c3c(c(=O)oc2c1)CCC3)NC1CCCCC1. The standard InChI is InChI=1S/C22H25NO6/c24-20(23-14-5-2-1-3-6-14)12-28-21(25)13-27-15-9-10-17-16-7-4-8-18(16)22(26)29-19(17)11-15/h9-11,14H,1-8,12-13H2,(H,23,24). The van der Waals surface area contributed by atoms with E-state index in [-0.39, 0.29) is 30.8 Å². The molecule has 29 heavy (non-hydrogen) atoms. The molecular formula is C22H25NO6. The van der Waals surface area contributed by atoms with Gasteiger partial charge in [-0.3, -0.25) is 4.79 Å². The van der Waals surface area contributed by atoms with Gasteiger partial charge >= 0.3 is 11.6 Å². The fraction of sp³-hybridized carbons (Fsp3) is 0.500. The van der Waals surface area contributed by atoms with E-state index in [1.165, 1.54) is 6.42 Å². The van der Waals surface area contributed by atoms with Crippen molar-refractivity contribution < 1.29 is 23.5 Å². The number of carbonyl (C=O) groups excluding carboxylic acids is 2. The molecule has 0 unspecified atom stereocenters. The number of nitrogens with one attached hydrogen (secondary N) is 1. The predicted molar refractivity (Wildman–Crippen MR) is 106 cm³/mol. The van der Waals surface area contributed by atoms with Gasteiger partial charge in [0, 0.05) is 23.1 Å². The second kappa shape index (κ2) is 8.68. The molecule has 1 N–H and O–H groups in total. The van der Waals surface area contributed by atoms with Crippen molar-refractivity contribution in [3.63, 3.8) is 0 Å².